The first-order valence-electron chi connectivity index (χ1n) is 4.37. The van der Waals surface area contributed by atoms with Crippen LogP contribution < -0.4 is 5.32 Å². The van der Waals surface area contributed by atoms with Crippen LogP contribution in [-0.2, 0) is 9.53 Å². The van der Waals surface area contributed by atoms with Gasteiger partial charge in [0.1, 0.15) is 0 Å². The second-order valence-electron chi connectivity index (χ2n) is 2.96. The highest BCUT2D eigenvalue weighted by molar-refractivity contribution is 5.93. The molecule has 0 spiro atoms. The van der Waals surface area contributed by atoms with Gasteiger partial charge in [-0.1, -0.05) is 5.16 Å². The van der Waals surface area contributed by atoms with E-state index in [0.29, 0.717) is 0 Å². The summed E-state index contributed by atoms with van der Waals surface area (Å²) in [5.41, 5.74) is 0. The molecule has 1 amide bonds. The molecular weight excluding hydrogens is 218 g/mol. The molecule has 8 nitrogen and oxygen atoms in total. The molecule has 0 aromatic carbocycles. The zero-order chi connectivity index (χ0) is 12.1. The van der Waals surface area contributed by atoms with E-state index in [0.717, 1.165) is 0 Å². The van der Waals surface area contributed by atoms with Gasteiger partial charge in [-0.25, -0.2) is 4.79 Å². The number of carboxylic acid groups (broad SMARTS) is 1. The minimum Gasteiger partial charge on any atom is -0.480 e. The van der Waals surface area contributed by atoms with Gasteiger partial charge in [-0.2, -0.15) is 4.98 Å². The van der Waals surface area contributed by atoms with Gasteiger partial charge in [-0.15, -0.1) is 0 Å². The Bertz CT molecular complexity index is 389. The summed E-state index contributed by atoms with van der Waals surface area (Å²) >= 11 is 0. The van der Waals surface area contributed by atoms with E-state index in [1.54, 1.807) is 0 Å². The fourth-order valence-electron chi connectivity index (χ4n) is 0.956. The monoisotopic (exact) mass is 229 g/mol. The highest BCUT2D eigenvalue weighted by Gasteiger charge is 2.22. The molecule has 0 aliphatic rings. The maximum atomic E-state index is 11.4. The number of aromatic nitrogens is 2. The number of carboxylic acids is 1. The van der Waals surface area contributed by atoms with Crippen LogP contribution in [0, 0.1) is 6.92 Å². The van der Waals surface area contributed by atoms with Gasteiger partial charge in [0.05, 0.1) is 6.61 Å². The van der Waals surface area contributed by atoms with Gasteiger partial charge in [-0.05, 0) is 0 Å². The Balaban J connectivity index is 2.65. The quantitative estimate of drug-likeness (QED) is 0.679. The molecule has 1 unspecified atom stereocenters. The van der Waals surface area contributed by atoms with Crippen molar-refractivity contribution in [2.24, 2.45) is 0 Å². The third kappa shape index (κ3) is 3.02. The lowest BCUT2D eigenvalue weighted by molar-refractivity contribution is -0.140. The van der Waals surface area contributed by atoms with Crippen LogP contribution in [0.25, 0.3) is 0 Å². The fraction of sp³-hybridized carbons (Fsp3) is 0.500. The van der Waals surface area contributed by atoms with Crippen LogP contribution in [0.4, 0.5) is 0 Å². The summed E-state index contributed by atoms with van der Waals surface area (Å²) in [7, 11) is 1.33. The molecule has 16 heavy (non-hydrogen) atoms. The first-order chi connectivity index (χ1) is 7.54. The molecule has 1 atom stereocenters. The Morgan fingerprint density at radius 2 is 2.31 bits per heavy atom. The van der Waals surface area contributed by atoms with Crippen molar-refractivity contribution in [3.8, 4) is 0 Å². The largest absolute Gasteiger partial charge is 0.480 e. The van der Waals surface area contributed by atoms with Crippen molar-refractivity contribution >= 4 is 11.9 Å². The van der Waals surface area contributed by atoms with Crippen LogP contribution in [0.1, 0.15) is 16.5 Å². The average molecular weight is 229 g/mol. The predicted octanol–water partition coefficient (Wildman–Crippen LogP) is -0.793. The fourth-order valence-corrected chi connectivity index (χ4v) is 0.956. The Hall–Kier alpha value is -1.96. The molecule has 0 radical (unpaired) electrons. The molecule has 2 N–H and O–H groups in total. The van der Waals surface area contributed by atoms with Gasteiger partial charge in [-0.3, -0.25) is 4.79 Å². The number of carbonyl (C=O) groups excluding carboxylic acids is 1. The predicted molar refractivity (Wildman–Crippen MR) is 49.8 cm³/mol. The molecule has 88 valence electrons. The second-order valence-corrected chi connectivity index (χ2v) is 2.96. The van der Waals surface area contributed by atoms with E-state index < -0.39 is 17.9 Å². The molecule has 1 heterocycles. The number of hydrogen-bond acceptors (Lipinski definition) is 6. The molecule has 1 rings (SSSR count). The van der Waals surface area contributed by atoms with Crippen LogP contribution >= 0.6 is 0 Å². The lowest BCUT2D eigenvalue weighted by Crippen LogP contribution is -2.44. The van der Waals surface area contributed by atoms with Crippen LogP contribution in [0.2, 0.25) is 0 Å². The lowest BCUT2D eigenvalue weighted by Gasteiger charge is -2.11. The van der Waals surface area contributed by atoms with Crippen molar-refractivity contribution in [2.45, 2.75) is 13.0 Å². The third-order valence-corrected chi connectivity index (χ3v) is 1.67. The Labute approximate surface area is 90.6 Å². The van der Waals surface area contributed by atoms with E-state index in [1.165, 1.54) is 14.0 Å². The van der Waals surface area contributed by atoms with Gasteiger partial charge in [0.15, 0.2) is 6.04 Å². The average Bonchev–Trinajstić information content (AvgIpc) is 2.64. The first-order valence-corrected chi connectivity index (χ1v) is 4.37. The number of methoxy groups -OCH3 is 1. The van der Waals surface area contributed by atoms with Gasteiger partial charge >= 0.3 is 5.97 Å². The van der Waals surface area contributed by atoms with Crippen molar-refractivity contribution in [2.75, 3.05) is 13.7 Å². The molecule has 0 bridgehead atoms. The SMILES string of the molecule is COCC(NC(=O)c1noc(C)n1)C(=O)O. The molecule has 1 aromatic rings. The van der Waals surface area contributed by atoms with Crippen molar-refractivity contribution < 1.29 is 24.0 Å². The van der Waals surface area contributed by atoms with E-state index in [9.17, 15) is 9.59 Å². The molecule has 0 saturated carbocycles. The topological polar surface area (TPSA) is 115 Å². The van der Waals surface area contributed by atoms with E-state index in [4.69, 9.17) is 5.11 Å². The number of amides is 1. The standard InChI is InChI=1S/C8H11N3O5/c1-4-9-6(11-16-4)7(12)10-5(3-15-2)8(13)14/h5H,3H2,1-2H3,(H,10,12)(H,13,14). The number of rotatable bonds is 5. The summed E-state index contributed by atoms with van der Waals surface area (Å²) in [6.45, 7) is 1.38. The highest BCUT2D eigenvalue weighted by Crippen LogP contribution is 1.96. The van der Waals surface area contributed by atoms with E-state index in [1.807, 2.05) is 0 Å². The minimum atomic E-state index is -1.20. The Morgan fingerprint density at radius 1 is 1.62 bits per heavy atom. The summed E-state index contributed by atoms with van der Waals surface area (Å²) in [4.78, 5) is 25.8. The van der Waals surface area contributed by atoms with Crippen molar-refractivity contribution in [1.82, 2.24) is 15.5 Å². The van der Waals surface area contributed by atoms with E-state index >= 15 is 0 Å². The van der Waals surface area contributed by atoms with Crippen LogP contribution in [0.15, 0.2) is 4.52 Å². The number of carbonyl (C=O) groups is 2. The van der Waals surface area contributed by atoms with Crippen LogP contribution in [0.5, 0.6) is 0 Å². The number of hydrogen-bond donors (Lipinski definition) is 2. The number of nitrogens with one attached hydrogen (secondary N) is 1. The van der Waals surface area contributed by atoms with E-state index in [-0.39, 0.29) is 18.3 Å². The number of nitrogens with zero attached hydrogens (tertiary/aromatic N) is 2. The molecule has 8 heteroatoms. The molecule has 0 saturated heterocycles. The van der Waals surface area contributed by atoms with Gasteiger partial charge in [0, 0.05) is 14.0 Å². The number of aryl methyl sites for hydroxylation is 1. The lowest BCUT2D eigenvalue weighted by atomic mass is 10.3. The summed E-state index contributed by atoms with van der Waals surface area (Å²) in [5.74, 6) is -1.90. The maximum absolute atomic E-state index is 11.4. The van der Waals surface area contributed by atoms with E-state index in [2.05, 4.69) is 24.7 Å². The normalized spacial score (nSPS) is 12.1. The molecule has 1 aromatic heterocycles. The van der Waals surface area contributed by atoms with Crippen molar-refractivity contribution in [1.29, 1.82) is 0 Å². The summed E-state index contributed by atoms with van der Waals surface area (Å²) in [6.07, 6.45) is 0. The van der Waals surface area contributed by atoms with Gasteiger partial charge in [0.2, 0.25) is 5.89 Å². The summed E-state index contributed by atoms with van der Waals surface area (Å²) in [6, 6.07) is -1.14. The number of ether oxygens (including phenoxy) is 1. The second kappa shape index (κ2) is 5.21. The molecule has 0 aliphatic carbocycles. The zero-order valence-corrected chi connectivity index (χ0v) is 8.76. The maximum Gasteiger partial charge on any atom is 0.328 e. The molecule has 0 aliphatic heterocycles. The Morgan fingerprint density at radius 3 is 2.75 bits per heavy atom. The van der Waals surface area contributed by atoms with Gasteiger partial charge in [0.25, 0.3) is 11.7 Å². The Kier molecular flexibility index (Phi) is 3.95. The third-order valence-electron chi connectivity index (χ3n) is 1.67. The first kappa shape index (κ1) is 12.1. The smallest absolute Gasteiger partial charge is 0.328 e. The van der Waals surface area contributed by atoms with Gasteiger partial charge < -0.3 is 19.7 Å². The van der Waals surface area contributed by atoms with Crippen LogP contribution in [-0.4, -0.2) is 46.9 Å². The molecule has 0 fully saturated rings. The minimum absolute atomic E-state index is 0.141. The number of aliphatic carboxylic acids is 1. The summed E-state index contributed by atoms with van der Waals surface area (Å²) in [5, 5.41) is 14.3. The highest BCUT2D eigenvalue weighted by atomic mass is 16.5. The summed E-state index contributed by atoms with van der Waals surface area (Å²) < 4.78 is 9.23. The van der Waals surface area contributed by atoms with Crippen molar-refractivity contribution in [3.05, 3.63) is 11.7 Å². The zero-order valence-electron chi connectivity index (χ0n) is 8.76. The molecular formula is C8H11N3O5. The van der Waals surface area contributed by atoms with Crippen LogP contribution in [0.3, 0.4) is 0 Å². The van der Waals surface area contributed by atoms with Crippen molar-refractivity contribution in [3.63, 3.8) is 0 Å².